The van der Waals surface area contributed by atoms with Crippen molar-refractivity contribution in [3.05, 3.63) is 172 Å². The number of terminal acetylenes is 5. The van der Waals surface area contributed by atoms with E-state index in [9.17, 15) is 32.4 Å². The van der Waals surface area contributed by atoms with Gasteiger partial charge in [0.25, 0.3) is 16.0 Å². The quantitative estimate of drug-likeness (QED) is 0.00871. The molecule has 5 rings (SSSR count). The Morgan fingerprint density at radius 2 is 1.02 bits per heavy atom. The topological polar surface area (TPSA) is 264 Å². The highest BCUT2D eigenvalue weighted by atomic mass is 79.9. The predicted octanol–water partition coefficient (Wildman–Crippen LogP) is 7.87. The number of hydroxylamine groups is 2. The number of likely N-dealkylation sites (N-methyl/N-ethyl adjacent to an activating group) is 1. The van der Waals surface area contributed by atoms with Crippen molar-refractivity contribution in [2.75, 3.05) is 47.1 Å². The van der Waals surface area contributed by atoms with E-state index in [1.807, 2.05) is 121 Å². The van der Waals surface area contributed by atoms with Gasteiger partial charge in [-0.2, -0.15) is 8.42 Å². The van der Waals surface area contributed by atoms with Crippen molar-refractivity contribution in [1.82, 2.24) is 15.2 Å². The first-order chi connectivity index (χ1) is 42.2. The highest BCUT2D eigenvalue weighted by molar-refractivity contribution is 9.10. The third kappa shape index (κ3) is 33.5. The summed E-state index contributed by atoms with van der Waals surface area (Å²) in [7, 11) is 3.62. The van der Waals surface area contributed by atoms with Crippen LogP contribution in [0.1, 0.15) is 68.7 Å². The lowest BCUT2D eigenvalue weighted by atomic mass is 10.0. The van der Waals surface area contributed by atoms with Crippen LogP contribution in [0.2, 0.25) is 0 Å². The number of rotatable bonds is 24. The summed E-state index contributed by atoms with van der Waals surface area (Å²) in [6.07, 6.45) is 26.2. The molecule has 0 aliphatic rings. The number of halogens is 1. The van der Waals surface area contributed by atoms with Crippen LogP contribution < -0.4 is 15.9 Å². The molecule has 5 aromatic rings. The average Bonchev–Trinajstić information content (AvgIpc) is 2.16. The number of carboxylic acids is 1. The highest BCUT2D eigenvalue weighted by Crippen LogP contribution is 2.17. The summed E-state index contributed by atoms with van der Waals surface area (Å²) in [4.78, 5) is 69.6. The van der Waals surface area contributed by atoms with Gasteiger partial charge in [0.15, 0.2) is 6.04 Å². The molecule has 1 amide bonds. The minimum absolute atomic E-state index is 0.0347. The largest absolute Gasteiger partial charge is 0.480 e. The fourth-order valence-electron chi connectivity index (χ4n) is 6.31. The lowest BCUT2D eigenvalue weighted by Gasteiger charge is -2.19. The molecule has 0 aliphatic carbocycles. The number of hydrogen-bond donors (Lipinski definition) is 4. The average molecular weight is 1320 g/mol. The number of nitrogens with one attached hydrogen (secondary N) is 2. The molecule has 5 N–H and O–H groups in total. The zero-order valence-corrected chi connectivity index (χ0v) is 54.3. The molecule has 0 aromatic heterocycles. The van der Waals surface area contributed by atoms with Gasteiger partial charge in [-0.25, -0.2) is 9.86 Å². The van der Waals surface area contributed by atoms with Crippen molar-refractivity contribution in [3.8, 4) is 61.7 Å². The molecule has 466 valence electrons. The second-order valence-electron chi connectivity index (χ2n) is 16.8. The maximum Gasteiger partial charge on any atom is 0.331 e. The van der Waals surface area contributed by atoms with Gasteiger partial charge in [-0.1, -0.05) is 162 Å². The first kappa shape index (κ1) is 79.7. The monoisotopic (exact) mass is 1320 g/mol. The summed E-state index contributed by atoms with van der Waals surface area (Å²) in [6.45, 7) is 6.09. The molecule has 6 atom stereocenters. The molecule has 0 saturated carbocycles. The Labute approximate surface area is 531 Å². The van der Waals surface area contributed by atoms with Crippen molar-refractivity contribution < 1.29 is 60.7 Å². The van der Waals surface area contributed by atoms with Crippen LogP contribution in [0.25, 0.3) is 0 Å². The molecule has 0 spiro atoms. The number of amides is 1. The number of benzene rings is 5. The van der Waals surface area contributed by atoms with E-state index in [0.29, 0.717) is 26.2 Å². The van der Waals surface area contributed by atoms with Gasteiger partial charge in [0, 0.05) is 59.5 Å². The minimum Gasteiger partial charge on any atom is -0.480 e. The summed E-state index contributed by atoms with van der Waals surface area (Å²) in [5.74, 6) is 9.28. The van der Waals surface area contributed by atoms with E-state index in [2.05, 4.69) is 93.4 Å². The molecular formula is C65H75BrN6O13P2S. The molecule has 19 nitrogen and oxygen atoms in total. The van der Waals surface area contributed by atoms with Crippen LogP contribution in [0.5, 0.6) is 0 Å². The zero-order valence-electron chi connectivity index (χ0n) is 49.6. The van der Waals surface area contributed by atoms with Gasteiger partial charge in [0.2, 0.25) is 0 Å². The maximum absolute atomic E-state index is 12.1. The molecule has 6 unspecified atom stereocenters. The van der Waals surface area contributed by atoms with Crippen LogP contribution in [0.15, 0.2) is 165 Å². The lowest BCUT2D eigenvalue weighted by Crippen LogP contribution is -2.40. The Hall–Kier alpha value is -8.32. The fraction of sp³-hybridized carbons (Fsp3) is 0.277. The number of hydrogen-bond acceptors (Lipinski definition) is 17. The third-order valence-corrected chi connectivity index (χ3v) is 13.2. The van der Waals surface area contributed by atoms with Gasteiger partial charge in [-0.3, -0.25) is 48.4 Å². The van der Waals surface area contributed by atoms with Gasteiger partial charge in [0.1, 0.15) is 31.3 Å². The number of carboxylic acid groups (broad SMARTS) is 1. The van der Waals surface area contributed by atoms with Crippen LogP contribution in [0.4, 0.5) is 0 Å². The molecule has 23 heteroatoms. The van der Waals surface area contributed by atoms with Crippen LogP contribution in [-0.4, -0.2) is 131 Å². The van der Waals surface area contributed by atoms with Crippen LogP contribution in [0, 0.1) is 61.7 Å². The SMILES string of the molecule is C#CCC(N)C(=O)OCC.C#CCC(N=C(c1ccccc1)c1ccccc1)C(=O)OCC.C#CCC(NP)C(=O)N(C)OC.C#CCC(NP)C(=O)O.C#CCOS(=O)(=O)c1ccc(Br)cc1.CCOC(=O)CN=C(c1ccccc1)c1ccccc1. The van der Waals surface area contributed by atoms with Gasteiger partial charge >= 0.3 is 23.9 Å². The van der Waals surface area contributed by atoms with Crippen molar-refractivity contribution in [2.45, 2.75) is 75.5 Å². The highest BCUT2D eigenvalue weighted by Gasteiger charge is 2.21. The number of nitrogens with two attached hydrogens (primary N) is 1. The van der Waals surface area contributed by atoms with Crippen molar-refractivity contribution in [1.29, 1.82) is 0 Å². The second-order valence-corrected chi connectivity index (χ2v) is 20.0. The first-order valence-electron chi connectivity index (χ1n) is 26.6. The van der Waals surface area contributed by atoms with Gasteiger partial charge in [-0.05, 0) is 45.0 Å². The van der Waals surface area contributed by atoms with E-state index in [0.717, 1.165) is 43.2 Å². The van der Waals surface area contributed by atoms with E-state index in [1.54, 1.807) is 32.9 Å². The number of carbonyl (C=O) groups excluding carboxylic acids is 4. The van der Waals surface area contributed by atoms with Crippen LogP contribution in [-0.2, 0) is 57.3 Å². The van der Waals surface area contributed by atoms with Crippen molar-refractivity contribution >= 4 is 86.0 Å². The summed E-state index contributed by atoms with van der Waals surface area (Å²) in [5, 5.41) is 14.7. The number of esters is 3. The van der Waals surface area contributed by atoms with Crippen LogP contribution >= 0.6 is 34.7 Å². The predicted molar refractivity (Wildman–Crippen MR) is 354 cm³/mol. The van der Waals surface area contributed by atoms with E-state index in [1.165, 1.54) is 26.3 Å². The van der Waals surface area contributed by atoms with Crippen molar-refractivity contribution in [3.63, 3.8) is 0 Å². The number of ether oxygens (including phenoxy) is 3. The van der Waals surface area contributed by atoms with Gasteiger partial charge in [-0.15, -0.1) is 55.8 Å². The Bertz CT molecular complexity index is 3180. The Balaban J connectivity index is 0.00000107. The standard InChI is InChI=1S/C20H19NO2.C17H17NO2.C9H7BrO3S.C7H13N2O2P.C7H11NO2.C5H8NO2P/c1-3-11-18(20(22)23-4-2)21-19(16-12-7-5-8-13-16)17-14-9-6-10-15-17;1-2-20-16(19)13-18-17(14-9-5-3-6-10-14)15-11-7-4-8-12-15;1-2-7-13-14(11,12)9-5-3-8(10)4-6-9;1-4-5-6(8-12)7(10)9(2)11-3;1-3-5-6(8)7(9)10-4-2;1-2-3-4(6-9)5(7)8/h1,5-10,12-15,18H,4,11H2,2H3;3-12H,2,13H2,1H3;1,3-6H,7H2;1,6,8H,5,12H2,2-3H3;1,6H,4-5,8H2,2H3;1,4,6H,3,9H2,(H,7,8). The van der Waals surface area contributed by atoms with Crippen molar-refractivity contribution in [2.24, 2.45) is 15.7 Å². The Morgan fingerprint density at radius 3 is 1.39 bits per heavy atom. The van der Waals surface area contributed by atoms with E-state index in [4.69, 9.17) is 57.3 Å². The van der Waals surface area contributed by atoms with Gasteiger partial charge < -0.3 is 25.1 Å². The number of carbonyl (C=O) groups is 5. The molecular weight excluding hydrogens is 1250 g/mol. The third-order valence-electron chi connectivity index (χ3n) is 10.6. The summed E-state index contributed by atoms with van der Waals surface area (Å²) in [6, 6.07) is 42.9. The van der Waals surface area contributed by atoms with Crippen LogP contribution in [0.3, 0.4) is 0 Å². The zero-order chi connectivity index (χ0) is 66.1. The van der Waals surface area contributed by atoms with Gasteiger partial charge in [0.05, 0.1) is 43.2 Å². The van der Waals surface area contributed by atoms with E-state index in [-0.39, 0.29) is 49.2 Å². The Kier molecular flexibility index (Phi) is 44.1. The number of aliphatic carboxylic acids is 1. The summed E-state index contributed by atoms with van der Waals surface area (Å²) < 4.78 is 42.7. The molecule has 0 radical (unpaired) electrons. The molecule has 0 bridgehead atoms. The lowest BCUT2D eigenvalue weighted by molar-refractivity contribution is -0.170. The Morgan fingerprint density at radius 1 is 0.614 bits per heavy atom. The molecule has 0 fully saturated rings. The normalized spacial score (nSPS) is 11.0. The molecule has 0 aliphatic heterocycles. The summed E-state index contributed by atoms with van der Waals surface area (Å²) in [5.41, 5.74) is 10.7. The second kappa shape index (κ2) is 48.8. The molecule has 5 aromatic carbocycles. The molecule has 0 heterocycles. The minimum atomic E-state index is -3.70. The maximum atomic E-state index is 12.1. The number of nitrogens with zero attached hydrogens (tertiary/aromatic N) is 3. The smallest absolute Gasteiger partial charge is 0.331 e. The van der Waals surface area contributed by atoms with E-state index >= 15 is 0 Å². The van der Waals surface area contributed by atoms with E-state index < -0.39 is 52.2 Å². The first-order valence-corrected chi connectivity index (χ1v) is 30.0. The summed E-state index contributed by atoms with van der Waals surface area (Å²) >= 11 is 3.20. The molecule has 0 saturated heterocycles. The number of aliphatic imine (C=N–C) groups is 2. The fourth-order valence-corrected chi connectivity index (χ4v) is 7.92. The molecule has 88 heavy (non-hydrogen) atoms.